The third-order valence-electron chi connectivity index (χ3n) is 4.03. The van der Waals surface area contributed by atoms with Crippen LogP contribution in [-0.4, -0.2) is 37.1 Å². The van der Waals surface area contributed by atoms with E-state index in [1.54, 1.807) is 25.4 Å². The lowest BCUT2D eigenvalue weighted by Gasteiger charge is -2.28. The number of primary amides is 1. The molecule has 0 bridgehead atoms. The summed E-state index contributed by atoms with van der Waals surface area (Å²) in [5.41, 5.74) is 5.81. The molecule has 3 rings (SSSR count). The predicted octanol–water partition coefficient (Wildman–Crippen LogP) is 0.842. The highest BCUT2D eigenvalue weighted by molar-refractivity contribution is 5.97. The Balaban J connectivity index is 1.62. The summed E-state index contributed by atoms with van der Waals surface area (Å²) in [5.74, 6) is 1.27. The van der Waals surface area contributed by atoms with Gasteiger partial charge in [-0.1, -0.05) is 0 Å². The van der Waals surface area contributed by atoms with Crippen LogP contribution in [0.5, 0.6) is 0 Å². The van der Waals surface area contributed by atoms with E-state index in [0.717, 1.165) is 31.5 Å². The van der Waals surface area contributed by atoms with Crippen LogP contribution in [0, 0.1) is 0 Å². The molecule has 0 radical (unpaired) electrons. The van der Waals surface area contributed by atoms with Crippen LogP contribution < -0.4 is 11.1 Å². The summed E-state index contributed by atoms with van der Waals surface area (Å²) in [4.78, 5) is 17.1. The van der Waals surface area contributed by atoms with Crippen LogP contribution in [0.1, 0.15) is 47.8 Å². The average molecular weight is 301 g/mol. The highest BCUT2D eigenvalue weighted by Crippen LogP contribution is 2.32. The summed E-state index contributed by atoms with van der Waals surface area (Å²) in [6, 6.07) is 3.68. The number of hydrogen-bond acceptors (Lipinski definition) is 6. The van der Waals surface area contributed by atoms with Crippen molar-refractivity contribution in [3.63, 3.8) is 0 Å². The first-order chi connectivity index (χ1) is 10.6. The van der Waals surface area contributed by atoms with E-state index in [2.05, 4.69) is 25.7 Å². The molecule has 22 heavy (non-hydrogen) atoms. The fourth-order valence-corrected chi connectivity index (χ4v) is 2.87. The first kappa shape index (κ1) is 14.4. The van der Waals surface area contributed by atoms with Gasteiger partial charge in [0, 0.05) is 18.2 Å². The molecule has 8 nitrogen and oxygen atoms in total. The van der Waals surface area contributed by atoms with Crippen LogP contribution in [-0.2, 0) is 7.05 Å². The molecule has 116 valence electrons. The molecule has 2 heterocycles. The molecule has 1 saturated carbocycles. The number of anilines is 1. The second kappa shape index (κ2) is 6.08. The molecule has 8 heteroatoms. The highest BCUT2D eigenvalue weighted by Gasteiger charge is 2.26. The molecule has 3 N–H and O–H groups in total. The van der Waals surface area contributed by atoms with Gasteiger partial charge in [-0.3, -0.25) is 4.79 Å². The van der Waals surface area contributed by atoms with Crippen molar-refractivity contribution in [2.45, 2.75) is 37.6 Å². The third kappa shape index (κ3) is 3.05. The molecule has 2 aromatic heterocycles. The molecule has 1 aliphatic rings. The molecule has 0 aliphatic heterocycles. The Morgan fingerprint density at radius 3 is 2.77 bits per heavy atom. The standard InChI is InChI=1S/C14H19N7O/c1-21-19-13(18-20-21)9-4-6-10(7-5-9)17-14-11(12(15)22)3-2-8-16-14/h2-3,8-10H,4-7H2,1H3,(H2,15,22)(H,16,17). The molecule has 0 unspecified atom stereocenters. The van der Waals surface area contributed by atoms with E-state index in [1.807, 2.05) is 0 Å². The average Bonchev–Trinajstić information content (AvgIpc) is 2.95. The van der Waals surface area contributed by atoms with Crippen LogP contribution in [0.25, 0.3) is 0 Å². The molecule has 0 aromatic carbocycles. The number of nitrogens with zero attached hydrogens (tertiary/aromatic N) is 5. The quantitative estimate of drug-likeness (QED) is 0.865. The number of hydrogen-bond donors (Lipinski definition) is 2. The van der Waals surface area contributed by atoms with Gasteiger partial charge in [0.15, 0.2) is 5.82 Å². The van der Waals surface area contributed by atoms with Crippen molar-refractivity contribution < 1.29 is 4.79 Å². The van der Waals surface area contributed by atoms with E-state index in [-0.39, 0.29) is 6.04 Å². The Hall–Kier alpha value is -2.51. The van der Waals surface area contributed by atoms with Gasteiger partial charge >= 0.3 is 0 Å². The summed E-state index contributed by atoms with van der Waals surface area (Å²) < 4.78 is 0. The zero-order valence-electron chi connectivity index (χ0n) is 12.4. The molecule has 1 aliphatic carbocycles. The number of carbonyl (C=O) groups is 1. The number of pyridine rings is 1. The number of nitrogens with one attached hydrogen (secondary N) is 1. The lowest BCUT2D eigenvalue weighted by Crippen LogP contribution is -2.27. The fraction of sp³-hybridized carbons (Fsp3) is 0.500. The number of carbonyl (C=O) groups excluding carboxylic acids is 1. The number of aryl methyl sites for hydroxylation is 1. The van der Waals surface area contributed by atoms with E-state index >= 15 is 0 Å². The van der Waals surface area contributed by atoms with E-state index < -0.39 is 5.91 Å². The van der Waals surface area contributed by atoms with Gasteiger partial charge in [-0.15, -0.1) is 10.2 Å². The van der Waals surface area contributed by atoms with Crippen molar-refractivity contribution in [2.75, 3.05) is 5.32 Å². The number of tetrazole rings is 1. The van der Waals surface area contributed by atoms with Crippen LogP contribution in [0.3, 0.4) is 0 Å². The molecular formula is C14H19N7O. The normalized spacial score (nSPS) is 21.5. The van der Waals surface area contributed by atoms with Crippen LogP contribution in [0.15, 0.2) is 18.3 Å². The molecule has 0 spiro atoms. The Morgan fingerprint density at radius 1 is 1.36 bits per heavy atom. The zero-order valence-corrected chi connectivity index (χ0v) is 12.4. The predicted molar refractivity (Wildman–Crippen MR) is 80.2 cm³/mol. The Morgan fingerprint density at radius 2 is 2.14 bits per heavy atom. The third-order valence-corrected chi connectivity index (χ3v) is 4.03. The van der Waals surface area contributed by atoms with E-state index in [9.17, 15) is 4.79 Å². The molecule has 1 amide bonds. The molecular weight excluding hydrogens is 282 g/mol. The van der Waals surface area contributed by atoms with Crippen molar-refractivity contribution in [1.29, 1.82) is 0 Å². The topological polar surface area (TPSA) is 112 Å². The van der Waals surface area contributed by atoms with Gasteiger partial charge in [0.2, 0.25) is 0 Å². The Labute approximate surface area is 128 Å². The number of nitrogens with two attached hydrogens (primary N) is 1. The summed E-state index contributed by atoms with van der Waals surface area (Å²) in [5, 5.41) is 15.6. The number of amides is 1. The minimum atomic E-state index is -0.465. The zero-order chi connectivity index (χ0) is 15.5. The summed E-state index contributed by atoms with van der Waals surface area (Å²) >= 11 is 0. The minimum Gasteiger partial charge on any atom is -0.367 e. The Kier molecular flexibility index (Phi) is 3.99. The van der Waals surface area contributed by atoms with Gasteiger partial charge in [0.1, 0.15) is 5.82 Å². The maximum absolute atomic E-state index is 11.4. The maximum Gasteiger partial charge on any atom is 0.252 e. The summed E-state index contributed by atoms with van der Waals surface area (Å²) in [6.45, 7) is 0. The number of aromatic nitrogens is 5. The van der Waals surface area contributed by atoms with Crippen LogP contribution >= 0.6 is 0 Å². The summed E-state index contributed by atoms with van der Waals surface area (Å²) in [7, 11) is 1.77. The lowest BCUT2D eigenvalue weighted by atomic mass is 9.85. The lowest BCUT2D eigenvalue weighted by molar-refractivity contribution is 0.100. The van der Waals surface area contributed by atoms with Crippen LogP contribution in [0.4, 0.5) is 5.82 Å². The second-order valence-corrected chi connectivity index (χ2v) is 5.59. The van der Waals surface area contributed by atoms with E-state index in [1.165, 1.54) is 4.80 Å². The number of rotatable bonds is 4. The minimum absolute atomic E-state index is 0.279. The van der Waals surface area contributed by atoms with Gasteiger partial charge in [-0.2, -0.15) is 4.80 Å². The van der Waals surface area contributed by atoms with Crippen molar-refractivity contribution in [2.24, 2.45) is 12.8 Å². The van der Waals surface area contributed by atoms with Crippen molar-refractivity contribution in [3.05, 3.63) is 29.7 Å². The van der Waals surface area contributed by atoms with Crippen molar-refractivity contribution >= 4 is 11.7 Å². The Bertz CT molecular complexity index is 661. The molecule has 1 fully saturated rings. The monoisotopic (exact) mass is 301 g/mol. The van der Waals surface area contributed by atoms with Crippen molar-refractivity contribution in [1.82, 2.24) is 25.2 Å². The van der Waals surface area contributed by atoms with Gasteiger partial charge in [-0.25, -0.2) is 4.98 Å². The second-order valence-electron chi connectivity index (χ2n) is 5.59. The van der Waals surface area contributed by atoms with Gasteiger partial charge < -0.3 is 11.1 Å². The van der Waals surface area contributed by atoms with Gasteiger partial charge in [-0.05, 0) is 43.0 Å². The summed E-state index contributed by atoms with van der Waals surface area (Å²) in [6.07, 6.45) is 5.57. The van der Waals surface area contributed by atoms with Gasteiger partial charge in [0.05, 0.1) is 12.6 Å². The molecule has 0 atom stereocenters. The van der Waals surface area contributed by atoms with E-state index in [0.29, 0.717) is 17.3 Å². The first-order valence-corrected chi connectivity index (χ1v) is 7.38. The smallest absolute Gasteiger partial charge is 0.252 e. The SMILES string of the molecule is Cn1nnc(C2CCC(Nc3ncccc3C(N)=O)CC2)n1. The largest absolute Gasteiger partial charge is 0.367 e. The van der Waals surface area contributed by atoms with E-state index in [4.69, 9.17) is 5.73 Å². The highest BCUT2D eigenvalue weighted by atomic mass is 16.1. The maximum atomic E-state index is 11.4. The van der Waals surface area contributed by atoms with Crippen LogP contribution in [0.2, 0.25) is 0 Å². The first-order valence-electron chi connectivity index (χ1n) is 7.38. The molecule has 2 aromatic rings. The van der Waals surface area contributed by atoms with Crippen molar-refractivity contribution in [3.8, 4) is 0 Å². The fourth-order valence-electron chi connectivity index (χ4n) is 2.87. The molecule has 0 saturated heterocycles. The van der Waals surface area contributed by atoms with Gasteiger partial charge in [0.25, 0.3) is 5.91 Å².